The normalized spacial score (nSPS) is 28.8. The van der Waals surface area contributed by atoms with Crippen LogP contribution in [0.25, 0.3) is 0 Å². The molecule has 34 heavy (non-hydrogen) atoms. The number of ketones is 3. The average Bonchev–Trinajstić information content (AvgIpc) is 2.89. The first-order valence-corrected chi connectivity index (χ1v) is 11.3. The van der Waals surface area contributed by atoms with Crippen LogP contribution >= 0.6 is 15.9 Å². The Balaban J connectivity index is 1.98. The second-order valence-electron chi connectivity index (χ2n) is 8.05. The maximum absolute atomic E-state index is 13.8. The summed E-state index contributed by atoms with van der Waals surface area (Å²) >= 11 is 3.05. The van der Waals surface area contributed by atoms with Gasteiger partial charge in [0.1, 0.15) is 0 Å². The molecule has 3 aromatic carbocycles. The predicted molar refractivity (Wildman–Crippen MR) is 126 cm³/mol. The molecule has 1 saturated heterocycles. The van der Waals surface area contributed by atoms with Gasteiger partial charge < -0.3 is 20.1 Å². The van der Waals surface area contributed by atoms with E-state index in [1.807, 2.05) is 0 Å². The van der Waals surface area contributed by atoms with E-state index in [2.05, 4.69) is 15.9 Å². The Hall–Kier alpha value is -3.01. The number of rotatable bonds is 6. The van der Waals surface area contributed by atoms with Gasteiger partial charge in [-0.25, -0.2) is 0 Å². The minimum Gasteiger partial charge on any atom is -0.376 e. The van der Waals surface area contributed by atoms with Crippen LogP contribution in [0.5, 0.6) is 0 Å². The van der Waals surface area contributed by atoms with Crippen molar-refractivity contribution in [1.29, 1.82) is 0 Å². The first-order valence-electron chi connectivity index (χ1n) is 10.4. The molecule has 1 aliphatic rings. The van der Waals surface area contributed by atoms with Crippen LogP contribution in [-0.4, -0.2) is 61.1 Å². The molecule has 0 amide bonds. The van der Waals surface area contributed by atoms with E-state index in [-0.39, 0.29) is 16.7 Å². The third-order valence-electron chi connectivity index (χ3n) is 6.08. The fraction of sp³-hybridized carbons (Fsp3) is 0.192. The number of aliphatic hydroxyl groups is 3. The van der Waals surface area contributed by atoms with Crippen LogP contribution < -0.4 is 0 Å². The first-order chi connectivity index (χ1) is 16.2. The maximum Gasteiger partial charge on any atom is 0.206 e. The summed E-state index contributed by atoms with van der Waals surface area (Å²) in [6.45, 7) is -0.865. The molecule has 8 heteroatoms. The average molecular weight is 525 g/mol. The fourth-order valence-corrected chi connectivity index (χ4v) is 4.86. The number of benzene rings is 3. The Kier molecular flexibility index (Phi) is 6.37. The van der Waals surface area contributed by atoms with Gasteiger partial charge in [-0.2, -0.15) is 0 Å². The Bertz CT molecular complexity index is 1220. The molecule has 3 aromatic rings. The Labute approximate surface area is 203 Å². The smallest absolute Gasteiger partial charge is 0.206 e. The van der Waals surface area contributed by atoms with Crippen LogP contribution in [0, 0.1) is 0 Å². The fourth-order valence-electron chi connectivity index (χ4n) is 4.19. The van der Waals surface area contributed by atoms with E-state index in [4.69, 9.17) is 4.74 Å². The van der Waals surface area contributed by atoms with Crippen molar-refractivity contribution in [3.63, 3.8) is 0 Å². The molecule has 1 unspecified atom stereocenters. The number of ether oxygens (including phenoxy) is 1. The van der Waals surface area contributed by atoms with Gasteiger partial charge in [0.05, 0.1) is 6.61 Å². The molecular weight excluding hydrogens is 504 g/mol. The first kappa shape index (κ1) is 24.1. The van der Waals surface area contributed by atoms with Crippen molar-refractivity contribution in [3.8, 4) is 0 Å². The van der Waals surface area contributed by atoms with E-state index in [0.29, 0.717) is 0 Å². The zero-order chi connectivity index (χ0) is 24.6. The number of Topliss-reactive ketones (excluding diaryl/α,β-unsaturated/α-hetero) is 3. The Morgan fingerprint density at radius 1 is 0.676 bits per heavy atom. The zero-order valence-corrected chi connectivity index (χ0v) is 19.4. The van der Waals surface area contributed by atoms with Crippen molar-refractivity contribution in [2.24, 2.45) is 0 Å². The van der Waals surface area contributed by atoms with E-state index in [1.54, 1.807) is 18.2 Å². The van der Waals surface area contributed by atoms with Gasteiger partial charge in [0.15, 0.2) is 16.4 Å². The molecule has 4 rings (SSSR count). The van der Waals surface area contributed by atoms with E-state index in [1.165, 1.54) is 72.8 Å². The number of carbonyl (C=O) groups excluding carboxylic acids is 3. The van der Waals surface area contributed by atoms with Crippen molar-refractivity contribution in [3.05, 3.63) is 108 Å². The third kappa shape index (κ3) is 3.46. The molecule has 4 atom stereocenters. The molecular formula is C26H21BrO7. The molecule has 0 aliphatic carbocycles. The van der Waals surface area contributed by atoms with Crippen molar-refractivity contribution < 1.29 is 34.4 Å². The molecule has 0 spiro atoms. The lowest BCUT2D eigenvalue weighted by molar-refractivity contribution is -0.253. The second-order valence-corrected chi connectivity index (χ2v) is 8.88. The molecule has 1 aliphatic heterocycles. The number of halogens is 1. The van der Waals surface area contributed by atoms with E-state index in [0.717, 1.165) is 0 Å². The standard InChI is InChI=1S/C26H21BrO7/c27-23-25(32,21(29)18-12-6-2-7-13-18)26(33,22(30)19-14-8-3-9-15-19)24(31,16-34-23)20(28)17-10-4-1-5-11-17/h1-15,23,31-33H,16H2/t23?,24-,25-,26+/m0/s1. The zero-order valence-electron chi connectivity index (χ0n) is 17.8. The summed E-state index contributed by atoms with van der Waals surface area (Å²) in [5.41, 5.74) is -9.65. The number of carbonyl (C=O) groups is 3. The minimum atomic E-state index is -3.33. The molecule has 7 nitrogen and oxygen atoms in total. The van der Waals surface area contributed by atoms with Crippen molar-refractivity contribution in [2.45, 2.75) is 21.8 Å². The number of alkyl halides is 1. The molecule has 0 saturated carbocycles. The van der Waals surface area contributed by atoms with Gasteiger partial charge in [0.2, 0.25) is 22.8 Å². The molecule has 0 bridgehead atoms. The van der Waals surface area contributed by atoms with E-state index >= 15 is 0 Å². The van der Waals surface area contributed by atoms with Crippen molar-refractivity contribution in [1.82, 2.24) is 0 Å². The van der Waals surface area contributed by atoms with Crippen molar-refractivity contribution >= 4 is 33.3 Å². The maximum atomic E-state index is 13.8. The van der Waals surface area contributed by atoms with Crippen LogP contribution in [0.2, 0.25) is 0 Å². The SMILES string of the molecule is O=C(c1ccccc1)[C@@]1(O)[C@@](O)(C(=O)c2ccccc2)COC(Br)[C@@]1(O)C(=O)c1ccccc1. The summed E-state index contributed by atoms with van der Waals surface area (Å²) in [4.78, 5) is 41.0. The molecule has 174 valence electrons. The van der Waals surface area contributed by atoms with Gasteiger partial charge in [0, 0.05) is 16.7 Å². The number of hydrogen-bond acceptors (Lipinski definition) is 7. The summed E-state index contributed by atoms with van der Waals surface area (Å²) in [6, 6.07) is 22.3. The minimum absolute atomic E-state index is 0.0459. The number of hydrogen-bond donors (Lipinski definition) is 3. The quantitative estimate of drug-likeness (QED) is 0.334. The van der Waals surface area contributed by atoms with E-state index in [9.17, 15) is 29.7 Å². The van der Waals surface area contributed by atoms with Crippen LogP contribution in [0.1, 0.15) is 31.1 Å². The summed E-state index contributed by atoms with van der Waals surface area (Å²) < 4.78 is 5.44. The highest BCUT2D eigenvalue weighted by molar-refractivity contribution is 9.09. The van der Waals surface area contributed by atoms with Gasteiger partial charge in [0.25, 0.3) is 0 Å². The highest BCUT2D eigenvalue weighted by Gasteiger charge is 2.77. The van der Waals surface area contributed by atoms with Gasteiger partial charge in [-0.3, -0.25) is 14.4 Å². The van der Waals surface area contributed by atoms with Crippen LogP contribution in [0.15, 0.2) is 91.0 Å². The highest BCUT2D eigenvalue weighted by atomic mass is 79.9. The largest absolute Gasteiger partial charge is 0.376 e. The second kappa shape index (κ2) is 8.98. The van der Waals surface area contributed by atoms with Crippen LogP contribution in [0.3, 0.4) is 0 Å². The summed E-state index contributed by atoms with van der Waals surface area (Å²) in [6.07, 6.45) is 0. The molecule has 1 fully saturated rings. The van der Waals surface area contributed by atoms with Gasteiger partial charge in [-0.05, 0) is 0 Å². The Morgan fingerprint density at radius 2 is 1.06 bits per heavy atom. The summed E-state index contributed by atoms with van der Waals surface area (Å²) in [5, 5.41) is 34.0. The summed E-state index contributed by atoms with van der Waals surface area (Å²) in [5.74, 6) is -3.40. The van der Waals surface area contributed by atoms with Crippen LogP contribution in [-0.2, 0) is 4.74 Å². The molecule has 3 N–H and O–H groups in total. The Morgan fingerprint density at radius 3 is 1.50 bits per heavy atom. The van der Waals surface area contributed by atoms with Crippen molar-refractivity contribution in [2.75, 3.05) is 6.61 Å². The van der Waals surface area contributed by atoms with Gasteiger partial charge in [-0.1, -0.05) is 107 Å². The lowest BCUT2D eigenvalue weighted by Gasteiger charge is -2.54. The topological polar surface area (TPSA) is 121 Å². The summed E-state index contributed by atoms with van der Waals surface area (Å²) in [7, 11) is 0. The third-order valence-corrected chi connectivity index (χ3v) is 7.00. The van der Waals surface area contributed by atoms with Crippen LogP contribution in [0.4, 0.5) is 0 Å². The lowest BCUT2D eigenvalue weighted by atomic mass is 9.61. The highest BCUT2D eigenvalue weighted by Crippen LogP contribution is 2.48. The van der Waals surface area contributed by atoms with E-state index < -0.39 is 45.8 Å². The molecule has 0 aromatic heterocycles. The molecule has 0 radical (unpaired) electrons. The van der Waals surface area contributed by atoms with Gasteiger partial charge in [-0.15, -0.1) is 0 Å². The van der Waals surface area contributed by atoms with Gasteiger partial charge >= 0.3 is 0 Å². The molecule has 1 heterocycles. The lowest BCUT2D eigenvalue weighted by Crippen LogP contribution is -2.83. The predicted octanol–water partition coefficient (Wildman–Crippen LogP) is 2.58. The monoisotopic (exact) mass is 524 g/mol.